The van der Waals surface area contributed by atoms with Gasteiger partial charge in [0.2, 0.25) is 0 Å². The first-order valence-corrected chi connectivity index (χ1v) is 5.67. The largest absolute Gasteiger partial charge is 0.385 e. The topological polar surface area (TPSA) is 20.2 Å². The lowest BCUT2D eigenvalue weighted by atomic mass is 9.84. The molecular weight excluding hydrogens is 184 g/mol. The second-order valence-electron chi connectivity index (χ2n) is 5.90. The van der Waals surface area contributed by atoms with E-state index in [4.69, 9.17) is 0 Å². The Balaban J connectivity index is 2.51. The molecule has 0 aliphatic heterocycles. The summed E-state index contributed by atoms with van der Waals surface area (Å²) in [6.07, 6.45) is 1.86. The summed E-state index contributed by atoms with van der Waals surface area (Å²) in [6.45, 7) is 8.54. The molecule has 0 amide bonds. The van der Waals surface area contributed by atoms with E-state index in [1.165, 1.54) is 11.1 Å². The predicted molar refractivity (Wildman–Crippen MR) is 63.0 cm³/mol. The van der Waals surface area contributed by atoms with Crippen LogP contribution in [0.3, 0.4) is 0 Å². The second-order valence-corrected chi connectivity index (χ2v) is 5.90. The maximum absolute atomic E-state index is 10.2. The maximum Gasteiger partial charge on any atom is 0.0874 e. The van der Waals surface area contributed by atoms with Crippen molar-refractivity contribution >= 4 is 0 Å². The molecule has 2 rings (SSSR count). The van der Waals surface area contributed by atoms with Crippen molar-refractivity contribution in [2.75, 3.05) is 0 Å². The Morgan fingerprint density at radius 3 is 2.53 bits per heavy atom. The van der Waals surface area contributed by atoms with Crippen LogP contribution in [0, 0.1) is 0 Å². The number of benzene rings is 1. The van der Waals surface area contributed by atoms with Gasteiger partial charge < -0.3 is 5.11 Å². The molecule has 1 aromatic carbocycles. The van der Waals surface area contributed by atoms with Gasteiger partial charge in [0, 0.05) is 0 Å². The number of aliphatic hydroxyl groups is 1. The molecule has 0 saturated heterocycles. The van der Waals surface area contributed by atoms with E-state index in [9.17, 15) is 5.11 Å². The average Bonchev–Trinajstić information content (AvgIpc) is 2.41. The van der Waals surface area contributed by atoms with E-state index in [0.717, 1.165) is 18.4 Å². The van der Waals surface area contributed by atoms with E-state index in [1.54, 1.807) is 0 Å². The van der Waals surface area contributed by atoms with Crippen molar-refractivity contribution in [3.8, 4) is 0 Å². The molecule has 0 saturated carbocycles. The first-order chi connectivity index (χ1) is 6.81. The third-order valence-corrected chi connectivity index (χ3v) is 3.44. The van der Waals surface area contributed by atoms with E-state index in [1.807, 2.05) is 6.92 Å². The Morgan fingerprint density at radius 1 is 1.27 bits per heavy atom. The summed E-state index contributed by atoms with van der Waals surface area (Å²) in [5.41, 5.74) is 3.30. The van der Waals surface area contributed by atoms with E-state index in [0.29, 0.717) is 0 Å². The zero-order chi connectivity index (χ0) is 11.3. The predicted octanol–water partition coefficient (Wildman–Crippen LogP) is 3.14. The number of aryl methyl sites for hydroxylation is 1. The molecule has 1 heteroatoms. The van der Waals surface area contributed by atoms with Gasteiger partial charge in [-0.05, 0) is 41.9 Å². The van der Waals surface area contributed by atoms with Crippen LogP contribution in [0.4, 0.5) is 0 Å². The molecule has 1 aromatic rings. The molecule has 82 valence electrons. The van der Waals surface area contributed by atoms with Crippen molar-refractivity contribution in [2.24, 2.45) is 0 Å². The van der Waals surface area contributed by atoms with Gasteiger partial charge in [-0.15, -0.1) is 0 Å². The molecule has 1 N–H and O–H groups in total. The lowest BCUT2D eigenvalue weighted by Gasteiger charge is -2.23. The van der Waals surface area contributed by atoms with Crippen molar-refractivity contribution < 1.29 is 5.11 Å². The zero-order valence-electron chi connectivity index (χ0n) is 10.1. The van der Waals surface area contributed by atoms with Crippen molar-refractivity contribution in [3.63, 3.8) is 0 Å². The standard InChI is InChI=1S/C14H20O/c1-13(2,3)11-6-5-10-7-8-14(4,15)12(10)9-11/h5-6,9,15H,7-8H2,1-4H3/t14-/m1/s1. The lowest BCUT2D eigenvalue weighted by molar-refractivity contribution is 0.0593. The summed E-state index contributed by atoms with van der Waals surface area (Å²) in [6, 6.07) is 6.56. The highest BCUT2D eigenvalue weighted by molar-refractivity contribution is 5.41. The molecule has 0 unspecified atom stereocenters. The minimum absolute atomic E-state index is 0.160. The normalized spacial score (nSPS) is 25.4. The first kappa shape index (κ1) is 10.7. The van der Waals surface area contributed by atoms with E-state index < -0.39 is 5.60 Å². The van der Waals surface area contributed by atoms with Crippen molar-refractivity contribution in [3.05, 3.63) is 34.9 Å². The smallest absolute Gasteiger partial charge is 0.0874 e. The number of hydrogen-bond acceptors (Lipinski definition) is 1. The van der Waals surface area contributed by atoms with Gasteiger partial charge in [-0.2, -0.15) is 0 Å². The summed E-state index contributed by atoms with van der Waals surface area (Å²) >= 11 is 0. The van der Waals surface area contributed by atoms with Crippen molar-refractivity contribution in [1.29, 1.82) is 0 Å². The molecule has 0 spiro atoms. The highest BCUT2D eigenvalue weighted by atomic mass is 16.3. The Morgan fingerprint density at radius 2 is 1.93 bits per heavy atom. The third-order valence-electron chi connectivity index (χ3n) is 3.44. The van der Waals surface area contributed by atoms with Gasteiger partial charge in [-0.25, -0.2) is 0 Å². The van der Waals surface area contributed by atoms with Crippen LogP contribution in [0.2, 0.25) is 0 Å². The minimum atomic E-state index is -0.614. The molecule has 1 nitrogen and oxygen atoms in total. The van der Waals surface area contributed by atoms with E-state index in [-0.39, 0.29) is 5.41 Å². The highest BCUT2D eigenvalue weighted by Crippen LogP contribution is 2.38. The van der Waals surface area contributed by atoms with Crippen LogP contribution < -0.4 is 0 Å². The highest BCUT2D eigenvalue weighted by Gasteiger charge is 2.32. The minimum Gasteiger partial charge on any atom is -0.385 e. The van der Waals surface area contributed by atoms with Crippen LogP contribution >= 0.6 is 0 Å². The molecule has 0 bridgehead atoms. The Hall–Kier alpha value is -0.820. The number of hydrogen-bond donors (Lipinski definition) is 1. The van der Waals surface area contributed by atoms with Crippen LogP contribution in [0.25, 0.3) is 0 Å². The van der Waals surface area contributed by atoms with Crippen LogP contribution in [0.1, 0.15) is 50.8 Å². The summed E-state index contributed by atoms with van der Waals surface area (Å²) in [7, 11) is 0. The molecule has 0 fully saturated rings. The Kier molecular flexibility index (Phi) is 2.20. The van der Waals surface area contributed by atoms with Gasteiger partial charge in [0.15, 0.2) is 0 Å². The fourth-order valence-corrected chi connectivity index (χ4v) is 2.28. The molecule has 1 atom stereocenters. The Labute approximate surface area is 92.1 Å². The second kappa shape index (κ2) is 3.08. The van der Waals surface area contributed by atoms with Gasteiger partial charge in [-0.1, -0.05) is 39.0 Å². The Bertz CT molecular complexity index is 383. The average molecular weight is 204 g/mol. The van der Waals surface area contributed by atoms with Crippen LogP contribution in [-0.4, -0.2) is 5.11 Å². The molecule has 1 aliphatic rings. The SMILES string of the molecule is CC(C)(C)c1ccc2c(c1)[C@](C)(O)CC2. The third kappa shape index (κ3) is 1.81. The van der Waals surface area contributed by atoms with Gasteiger partial charge in [-0.3, -0.25) is 0 Å². The fourth-order valence-electron chi connectivity index (χ4n) is 2.28. The molecule has 1 aliphatic carbocycles. The maximum atomic E-state index is 10.2. The first-order valence-electron chi connectivity index (χ1n) is 5.67. The molecular formula is C14H20O. The van der Waals surface area contributed by atoms with Crippen molar-refractivity contribution in [1.82, 2.24) is 0 Å². The number of rotatable bonds is 0. The van der Waals surface area contributed by atoms with Crippen LogP contribution in [0.15, 0.2) is 18.2 Å². The quantitative estimate of drug-likeness (QED) is 0.688. The number of fused-ring (bicyclic) bond motifs is 1. The summed E-state index contributed by atoms with van der Waals surface area (Å²) in [5.74, 6) is 0. The van der Waals surface area contributed by atoms with Crippen molar-refractivity contribution in [2.45, 2.75) is 51.6 Å². The van der Waals surface area contributed by atoms with Gasteiger partial charge in [0.25, 0.3) is 0 Å². The van der Waals surface area contributed by atoms with Crippen LogP contribution in [-0.2, 0) is 17.4 Å². The lowest BCUT2D eigenvalue weighted by Crippen LogP contribution is -2.18. The van der Waals surface area contributed by atoms with E-state index in [2.05, 4.69) is 39.0 Å². The summed E-state index contributed by atoms with van der Waals surface area (Å²) in [4.78, 5) is 0. The molecule has 15 heavy (non-hydrogen) atoms. The van der Waals surface area contributed by atoms with E-state index >= 15 is 0 Å². The monoisotopic (exact) mass is 204 g/mol. The summed E-state index contributed by atoms with van der Waals surface area (Å²) in [5, 5.41) is 10.2. The summed E-state index contributed by atoms with van der Waals surface area (Å²) < 4.78 is 0. The molecule has 0 heterocycles. The van der Waals surface area contributed by atoms with Crippen LogP contribution in [0.5, 0.6) is 0 Å². The van der Waals surface area contributed by atoms with Gasteiger partial charge >= 0.3 is 0 Å². The fraction of sp³-hybridized carbons (Fsp3) is 0.571. The van der Waals surface area contributed by atoms with Gasteiger partial charge in [0.1, 0.15) is 0 Å². The molecule has 0 radical (unpaired) electrons. The molecule has 0 aromatic heterocycles. The zero-order valence-corrected chi connectivity index (χ0v) is 10.1. The van der Waals surface area contributed by atoms with Gasteiger partial charge in [0.05, 0.1) is 5.60 Å².